The van der Waals surface area contributed by atoms with Crippen molar-refractivity contribution < 1.29 is 9.59 Å². The van der Waals surface area contributed by atoms with E-state index < -0.39 is 6.04 Å². The highest BCUT2D eigenvalue weighted by molar-refractivity contribution is 6.34. The Morgan fingerprint density at radius 2 is 2.19 bits per heavy atom. The summed E-state index contributed by atoms with van der Waals surface area (Å²) in [6.07, 6.45) is 0.845. The number of para-hydroxylation sites is 1. The van der Waals surface area contributed by atoms with Crippen molar-refractivity contribution in [3.8, 4) is 0 Å². The predicted molar refractivity (Wildman–Crippen MR) is 83.2 cm³/mol. The van der Waals surface area contributed by atoms with Crippen molar-refractivity contribution in [3.63, 3.8) is 0 Å². The van der Waals surface area contributed by atoms with Crippen molar-refractivity contribution in [2.75, 3.05) is 18.5 Å². The lowest BCUT2D eigenvalue weighted by molar-refractivity contribution is -0.136. The van der Waals surface area contributed by atoms with Crippen LogP contribution in [0, 0.1) is 0 Å². The summed E-state index contributed by atoms with van der Waals surface area (Å²) >= 11 is 6.14. The van der Waals surface area contributed by atoms with Gasteiger partial charge < -0.3 is 15.5 Å². The molecule has 5 nitrogen and oxygen atoms in total. The summed E-state index contributed by atoms with van der Waals surface area (Å²) in [7, 11) is 1.66. The minimum atomic E-state index is -0.437. The van der Waals surface area contributed by atoms with Crippen LogP contribution in [0.3, 0.4) is 0 Å². The molecule has 1 aliphatic heterocycles. The second kappa shape index (κ2) is 6.45. The van der Waals surface area contributed by atoms with Crippen LogP contribution in [0.15, 0.2) is 24.3 Å². The van der Waals surface area contributed by atoms with Crippen molar-refractivity contribution in [2.24, 2.45) is 5.73 Å². The quantitative estimate of drug-likeness (QED) is 0.919. The van der Waals surface area contributed by atoms with Gasteiger partial charge in [0.15, 0.2) is 0 Å². The second-order valence-corrected chi connectivity index (χ2v) is 5.84. The Balaban J connectivity index is 2.12. The zero-order chi connectivity index (χ0) is 15.6. The van der Waals surface area contributed by atoms with Crippen LogP contribution in [0.5, 0.6) is 0 Å². The average molecular weight is 310 g/mol. The molecule has 21 heavy (non-hydrogen) atoms. The van der Waals surface area contributed by atoms with Gasteiger partial charge in [-0.1, -0.05) is 23.7 Å². The second-order valence-electron chi connectivity index (χ2n) is 5.43. The molecule has 2 rings (SSSR count). The number of carbonyl (C=O) groups excluding carboxylic acids is 2. The van der Waals surface area contributed by atoms with E-state index in [9.17, 15) is 9.59 Å². The van der Waals surface area contributed by atoms with Gasteiger partial charge >= 0.3 is 0 Å². The van der Waals surface area contributed by atoms with Crippen LogP contribution < -0.4 is 10.6 Å². The first-order chi connectivity index (χ1) is 9.91. The molecule has 0 radical (unpaired) electrons. The number of carbonyl (C=O) groups is 2. The molecule has 0 saturated carbocycles. The van der Waals surface area contributed by atoms with Gasteiger partial charge in [0.2, 0.25) is 11.8 Å². The van der Waals surface area contributed by atoms with Gasteiger partial charge in [0, 0.05) is 26.1 Å². The predicted octanol–water partition coefficient (Wildman–Crippen LogP) is 1.64. The highest BCUT2D eigenvalue weighted by Crippen LogP contribution is 2.30. The number of amides is 2. The normalized spacial score (nSPS) is 19.7. The maximum Gasteiger partial charge on any atom is 0.249 e. The minimum absolute atomic E-state index is 0.0939. The summed E-state index contributed by atoms with van der Waals surface area (Å²) < 4.78 is 0. The van der Waals surface area contributed by atoms with Crippen LogP contribution in [-0.2, 0) is 9.59 Å². The van der Waals surface area contributed by atoms with E-state index in [1.165, 1.54) is 4.90 Å². The standard InChI is InChI=1S/C15H20ClN3O2/c1-10(17)9-14(20)18(2)13-7-8-19(15(13)21)12-6-4-3-5-11(12)16/h3-6,10,13H,7-9,17H2,1-2H3. The number of nitrogens with two attached hydrogens (primary N) is 1. The Labute approximate surface area is 129 Å². The van der Waals surface area contributed by atoms with Crippen LogP contribution in [-0.4, -0.2) is 42.4 Å². The molecule has 2 N–H and O–H groups in total. The molecule has 0 aromatic heterocycles. The summed E-state index contributed by atoms with van der Waals surface area (Å²) in [5.41, 5.74) is 6.34. The Bertz CT molecular complexity index is 547. The van der Waals surface area contributed by atoms with Gasteiger partial charge in [-0.15, -0.1) is 0 Å². The van der Waals surface area contributed by atoms with Gasteiger partial charge in [-0.25, -0.2) is 0 Å². The first kappa shape index (κ1) is 15.8. The van der Waals surface area contributed by atoms with E-state index in [-0.39, 0.29) is 24.3 Å². The summed E-state index contributed by atoms with van der Waals surface area (Å²) in [6, 6.07) is 6.58. The Kier molecular flexibility index (Phi) is 4.85. The van der Waals surface area contributed by atoms with E-state index in [2.05, 4.69) is 0 Å². The fourth-order valence-corrected chi connectivity index (χ4v) is 2.77. The Morgan fingerprint density at radius 3 is 2.81 bits per heavy atom. The molecule has 114 valence electrons. The number of halogens is 1. The molecule has 0 aliphatic carbocycles. The number of benzene rings is 1. The highest BCUT2D eigenvalue weighted by atomic mass is 35.5. The summed E-state index contributed by atoms with van der Waals surface area (Å²) in [5, 5.41) is 0.538. The summed E-state index contributed by atoms with van der Waals surface area (Å²) in [4.78, 5) is 27.7. The molecule has 1 aliphatic rings. The lowest BCUT2D eigenvalue weighted by Gasteiger charge is -2.25. The molecule has 1 saturated heterocycles. The van der Waals surface area contributed by atoms with Gasteiger partial charge in [0.1, 0.15) is 6.04 Å². The third-order valence-corrected chi connectivity index (χ3v) is 4.00. The van der Waals surface area contributed by atoms with Gasteiger partial charge in [-0.05, 0) is 25.5 Å². The number of rotatable bonds is 4. The molecule has 0 spiro atoms. The molecule has 1 aromatic rings. The molecule has 1 aromatic carbocycles. The van der Waals surface area contributed by atoms with Crippen LogP contribution in [0.2, 0.25) is 5.02 Å². The largest absolute Gasteiger partial charge is 0.334 e. The number of likely N-dealkylation sites (N-methyl/N-ethyl adjacent to an activating group) is 1. The van der Waals surface area contributed by atoms with Crippen molar-refractivity contribution in [1.29, 1.82) is 0 Å². The molecule has 1 fully saturated rings. The lowest BCUT2D eigenvalue weighted by atomic mass is 10.1. The van der Waals surface area contributed by atoms with E-state index in [0.717, 1.165) is 0 Å². The van der Waals surface area contributed by atoms with Crippen molar-refractivity contribution >= 4 is 29.1 Å². The first-order valence-electron chi connectivity index (χ1n) is 6.99. The van der Waals surface area contributed by atoms with Crippen molar-refractivity contribution in [3.05, 3.63) is 29.3 Å². The number of nitrogens with zero attached hydrogens (tertiary/aromatic N) is 2. The molecule has 2 atom stereocenters. The number of anilines is 1. The molecule has 2 unspecified atom stereocenters. The van der Waals surface area contributed by atoms with Crippen LogP contribution in [0.25, 0.3) is 0 Å². The van der Waals surface area contributed by atoms with Crippen LogP contribution in [0.4, 0.5) is 5.69 Å². The third-order valence-electron chi connectivity index (χ3n) is 3.68. The zero-order valence-corrected chi connectivity index (χ0v) is 13.0. The topological polar surface area (TPSA) is 66.6 Å². The van der Waals surface area contributed by atoms with E-state index in [0.29, 0.717) is 23.7 Å². The maximum atomic E-state index is 12.5. The fraction of sp³-hybridized carbons (Fsp3) is 0.467. The van der Waals surface area contributed by atoms with E-state index in [1.54, 1.807) is 24.9 Å². The third kappa shape index (κ3) is 3.36. The first-order valence-corrected chi connectivity index (χ1v) is 7.36. The molecular formula is C15H20ClN3O2. The number of hydrogen-bond donors (Lipinski definition) is 1. The minimum Gasteiger partial charge on any atom is -0.334 e. The van der Waals surface area contributed by atoms with E-state index >= 15 is 0 Å². The van der Waals surface area contributed by atoms with Gasteiger partial charge in [-0.3, -0.25) is 9.59 Å². The molecule has 0 bridgehead atoms. The molecule has 1 heterocycles. The SMILES string of the molecule is CC(N)CC(=O)N(C)C1CCN(c2ccccc2Cl)C1=O. The van der Waals surface area contributed by atoms with E-state index in [4.69, 9.17) is 17.3 Å². The molecule has 2 amide bonds. The highest BCUT2D eigenvalue weighted by Gasteiger charge is 2.37. The van der Waals surface area contributed by atoms with Crippen LogP contribution in [0.1, 0.15) is 19.8 Å². The smallest absolute Gasteiger partial charge is 0.249 e. The maximum absolute atomic E-state index is 12.5. The van der Waals surface area contributed by atoms with Gasteiger partial charge in [-0.2, -0.15) is 0 Å². The molecule has 6 heteroatoms. The zero-order valence-electron chi connectivity index (χ0n) is 12.3. The summed E-state index contributed by atoms with van der Waals surface area (Å²) in [5.74, 6) is -0.201. The average Bonchev–Trinajstić information content (AvgIpc) is 2.79. The van der Waals surface area contributed by atoms with Gasteiger partial charge in [0.05, 0.1) is 10.7 Å². The van der Waals surface area contributed by atoms with Gasteiger partial charge in [0.25, 0.3) is 0 Å². The Morgan fingerprint density at radius 1 is 1.52 bits per heavy atom. The van der Waals surface area contributed by atoms with Crippen LogP contribution >= 0.6 is 11.6 Å². The van der Waals surface area contributed by atoms with Crippen molar-refractivity contribution in [1.82, 2.24) is 4.90 Å². The summed E-state index contributed by atoms with van der Waals surface area (Å²) in [6.45, 7) is 2.33. The molecular weight excluding hydrogens is 290 g/mol. The Hall–Kier alpha value is -1.59. The lowest BCUT2D eigenvalue weighted by Crippen LogP contribution is -2.44. The monoisotopic (exact) mass is 309 g/mol. The number of hydrogen-bond acceptors (Lipinski definition) is 3. The fourth-order valence-electron chi connectivity index (χ4n) is 2.53. The van der Waals surface area contributed by atoms with Crippen molar-refractivity contribution in [2.45, 2.75) is 31.8 Å². The van der Waals surface area contributed by atoms with E-state index in [1.807, 2.05) is 18.2 Å².